The Bertz CT molecular complexity index is 53.8. The standard InChI is InChI=1S/C3H3NO2/c1-2-6-4-3-5-1/h1-2,4H. The van der Waals surface area contributed by atoms with Crippen LogP contribution in [0.3, 0.4) is 0 Å². The van der Waals surface area contributed by atoms with Gasteiger partial charge in [-0.2, -0.15) is 0 Å². The maximum absolute atomic E-state index is 4.40. The van der Waals surface area contributed by atoms with Crippen LogP contribution in [0.1, 0.15) is 0 Å². The lowest BCUT2D eigenvalue weighted by Gasteiger charge is -2.02. The van der Waals surface area contributed by atoms with Gasteiger partial charge >= 0.3 is 6.73 Å². The molecule has 1 heterocycles. The first-order valence-corrected chi connectivity index (χ1v) is 1.46. The summed E-state index contributed by atoms with van der Waals surface area (Å²) in [6.07, 6.45) is 2.74. The molecule has 6 heavy (non-hydrogen) atoms. The molecular weight excluding hydrogens is 82.0 g/mol. The van der Waals surface area contributed by atoms with Gasteiger partial charge in [0, 0.05) is 0 Å². The van der Waals surface area contributed by atoms with Crippen molar-refractivity contribution in [3.63, 3.8) is 0 Å². The highest BCUT2D eigenvalue weighted by atomic mass is 16.7. The summed E-state index contributed by atoms with van der Waals surface area (Å²) in [6.45, 7) is 2.23. The van der Waals surface area contributed by atoms with Crippen molar-refractivity contribution in [3.8, 4) is 0 Å². The van der Waals surface area contributed by atoms with Crippen LogP contribution in [0.5, 0.6) is 0 Å². The summed E-state index contributed by atoms with van der Waals surface area (Å²) in [5.74, 6) is 0. The topological polar surface area (TPSA) is 30.5 Å². The summed E-state index contributed by atoms with van der Waals surface area (Å²) in [5, 5.41) is 0. The van der Waals surface area contributed by atoms with E-state index in [1.807, 2.05) is 0 Å². The highest BCUT2D eigenvalue weighted by molar-refractivity contribution is 4.65. The zero-order valence-electron chi connectivity index (χ0n) is 2.97. The van der Waals surface area contributed by atoms with Crippen molar-refractivity contribution in [1.82, 2.24) is 5.48 Å². The quantitative estimate of drug-likeness (QED) is 0.449. The molecule has 1 rings (SSSR count). The highest BCUT2D eigenvalue weighted by Crippen LogP contribution is 1.85. The monoisotopic (exact) mass is 85.0 g/mol. The summed E-state index contributed by atoms with van der Waals surface area (Å²) in [5.41, 5.74) is 2.23. The Hall–Kier alpha value is -0.700. The minimum atomic E-state index is 1.37. The first-order valence-electron chi connectivity index (χ1n) is 1.46. The summed E-state index contributed by atoms with van der Waals surface area (Å²) in [4.78, 5) is 4.40. The van der Waals surface area contributed by atoms with Crippen molar-refractivity contribution >= 4 is 0 Å². The van der Waals surface area contributed by atoms with Crippen LogP contribution in [-0.4, -0.2) is 0 Å². The van der Waals surface area contributed by atoms with E-state index in [1.165, 1.54) is 12.5 Å². The van der Waals surface area contributed by atoms with Gasteiger partial charge in [0.1, 0.15) is 12.5 Å². The molecule has 0 aliphatic carbocycles. The van der Waals surface area contributed by atoms with Crippen molar-refractivity contribution in [2.24, 2.45) is 0 Å². The Morgan fingerprint density at radius 3 is 2.67 bits per heavy atom. The van der Waals surface area contributed by atoms with Gasteiger partial charge in [-0.15, -0.1) is 5.48 Å². The Kier molecular flexibility index (Phi) is 0.969. The fraction of sp³-hybridized carbons (Fsp3) is 0. The van der Waals surface area contributed by atoms with Crippen LogP contribution in [0.4, 0.5) is 0 Å². The maximum atomic E-state index is 4.40. The van der Waals surface area contributed by atoms with Gasteiger partial charge in [0.05, 0.1) is 0 Å². The molecule has 0 spiro atoms. The third kappa shape index (κ3) is 0.621. The maximum Gasteiger partial charge on any atom is 0.315 e. The summed E-state index contributed by atoms with van der Waals surface area (Å²) in [7, 11) is 0. The fourth-order valence-corrected chi connectivity index (χ4v) is 0.172. The van der Waals surface area contributed by atoms with E-state index in [0.717, 1.165) is 0 Å². The van der Waals surface area contributed by atoms with Crippen molar-refractivity contribution in [1.29, 1.82) is 0 Å². The van der Waals surface area contributed by atoms with Crippen molar-refractivity contribution in [3.05, 3.63) is 19.3 Å². The second-order valence-corrected chi connectivity index (χ2v) is 0.712. The average Bonchev–Trinajstić information content (AvgIpc) is 1.72. The van der Waals surface area contributed by atoms with Crippen LogP contribution in [0.15, 0.2) is 12.5 Å². The van der Waals surface area contributed by atoms with Gasteiger partial charge in [0.15, 0.2) is 0 Å². The van der Waals surface area contributed by atoms with E-state index < -0.39 is 0 Å². The van der Waals surface area contributed by atoms with E-state index in [0.29, 0.717) is 0 Å². The molecule has 3 nitrogen and oxygen atoms in total. The normalized spacial score (nSPS) is 18.7. The number of ether oxygens (including phenoxy) is 1. The van der Waals surface area contributed by atoms with Crippen LogP contribution in [0.2, 0.25) is 0 Å². The molecular formula is C3H3NO2. The predicted molar refractivity (Wildman–Crippen MR) is 17.7 cm³/mol. The van der Waals surface area contributed by atoms with E-state index in [4.69, 9.17) is 0 Å². The van der Waals surface area contributed by atoms with Crippen LogP contribution in [0, 0.1) is 6.73 Å². The van der Waals surface area contributed by atoms with Gasteiger partial charge in [-0.1, -0.05) is 0 Å². The lowest BCUT2D eigenvalue weighted by molar-refractivity contribution is 0.0644. The Morgan fingerprint density at radius 1 is 1.50 bits per heavy atom. The number of hydroxylamine groups is 1. The van der Waals surface area contributed by atoms with E-state index in [-0.39, 0.29) is 0 Å². The first kappa shape index (κ1) is 3.49. The molecule has 2 radical (unpaired) electrons. The van der Waals surface area contributed by atoms with Gasteiger partial charge < -0.3 is 9.57 Å². The summed E-state index contributed by atoms with van der Waals surface area (Å²) < 4.78 is 4.40. The van der Waals surface area contributed by atoms with Crippen molar-refractivity contribution in [2.75, 3.05) is 0 Å². The number of nitrogens with one attached hydrogen (secondary N) is 1. The zero-order valence-corrected chi connectivity index (χ0v) is 2.97. The van der Waals surface area contributed by atoms with Crippen LogP contribution in [0.25, 0.3) is 0 Å². The molecule has 0 aromatic rings. The van der Waals surface area contributed by atoms with Gasteiger partial charge in [-0.05, 0) is 0 Å². The molecule has 0 unspecified atom stereocenters. The number of rotatable bonds is 0. The summed E-state index contributed by atoms with van der Waals surface area (Å²) >= 11 is 0. The molecule has 3 heteroatoms. The molecule has 0 atom stereocenters. The second kappa shape index (κ2) is 1.67. The minimum absolute atomic E-state index is 1.37. The minimum Gasteiger partial charge on any atom is -0.463 e. The second-order valence-electron chi connectivity index (χ2n) is 0.712. The lowest BCUT2D eigenvalue weighted by Crippen LogP contribution is -2.10. The molecule has 0 bridgehead atoms. The third-order valence-electron chi connectivity index (χ3n) is 0.351. The Labute approximate surface area is 35.5 Å². The molecule has 0 aromatic carbocycles. The SMILES string of the molecule is [C]1NOC=CO1. The summed E-state index contributed by atoms with van der Waals surface area (Å²) in [6, 6.07) is 0. The van der Waals surface area contributed by atoms with Gasteiger partial charge in [-0.3, -0.25) is 0 Å². The van der Waals surface area contributed by atoms with E-state index >= 15 is 0 Å². The molecule has 0 aromatic heterocycles. The molecule has 0 fully saturated rings. The van der Waals surface area contributed by atoms with Crippen molar-refractivity contribution in [2.45, 2.75) is 0 Å². The van der Waals surface area contributed by atoms with Gasteiger partial charge in [0.25, 0.3) is 0 Å². The van der Waals surface area contributed by atoms with Crippen LogP contribution >= 0.6 is 0 Å². The van der Waals surface area contributed by atoms with Gasteiger partial charge in [0.2, 0.25) is 0 Å². The van der Waals surface area contributed by atoms with Gasteiger partial charge in [-0.25, -0.2) is 0 Å². The third-order valence-corrected chi connectivity index (χ3v) is 0.351. The largest absolute Gasteiger partial charge is 0.463 e. The smallest absolute Gasteiger partial charge is 0.315 e. The lowest BCUT2D eigenvalue weighted by atomic mass is 11.0. The zero-order chi connectivity index (χ0) is 4.24. The molecule has 0 amide bonds. The highest BCUT2D eigenvalue weighted by Gasteiger charge is 1.87. The average molecular weight is 85.1 g/mol. The number of hydrogen-bond donors (Lipinski definition) is 1. The van der Waals surface area contributed by atoms with Crippen LogP contribution < -0.4 is 5.48 Å². The molecule has 0 saturated heterocycles. The van der Waals surface area contributed by atoms with Crippen molar-refractivity contribution < 1.29 is 9.57 Å². The predicted octanol–water partition coefficient (Wildman–Crippen LogP) is 0.00529. The van der Waals surface area contributed by atoms with E-state index in [1.54, 1.807) is 0 Å². The van der Waals surface area contributed by atoms with E-state index in [9.17, 15) is 0 Å². The molecule has 1 aliphatic rings. The molecule has 1 aliphatic heterocycles. The van der Waals surface area contributed by atoms with E-state index in [2.05, 4.69) is 21.8 Å². The Morgan fingerprint density at radius 2 is 2.50 bits per heavy atom. The first-order chi connectivity index (χ1) is 3.00. The molecule has 1 N–H and O–H groups in total. The fourth-order valence-electron chi connectivity index (χ4n) is 0.172. The molecule has 0 saturated carbocycles. The Balaban J connectivity index is 2.26. The van der Waals surface area contributed by atoms with Crippen LogP contribution in [-0.2, 0) is 9.57 Å². The molecule has 32 valence electrons. The number of hydrogen-bond acceptors (Lipinski definition) is 3.